The molecule has 5 heteroatoms. The summed E-state index contributed by atoms with van der Waals surface area (Å²) in [5, 5.41) is 8.95. The van der Waals surface area contributed by atoms with Crippen molar-refractivity contribution in [2.24, 2.45) is 0 Å². The Balaban J connectivity index is 1.90. The highest BCUT2D eigenvalue weighted by Gasteiger charge is 2.26. The molecule has 0 unspecified atom stereocenters. The smallest absolute Gasteiger partial charge is 0.231 e. The molecule has 1 aromatic carbocycles. The molecule has 4 nitrogen and oxygen atoms in total. The monoisotopic (exact) mass is 285 g/mol. The number of rotatable bonds is 4. The quantitative estimate of drug-likeness (QED) is 0.846. The lowest BCUT2D eigenvalue weighted by Gasteiger charge is -2.04. The molecule has 2 aromatic rings. The summed E-state index contributed by atoms with van der Waals surface area (Å²) in [7, 11) is 0. The fourth-order valence-electron chi connectivity index (χ4n) is 2.22. The van der Waals surface area contributed by atoms with Gasteiger partial charge in [-0.25, -0.2) is 4.98 Å². The first-order chi connectivity index (χ1) is 9.69. The summed E-state index contributed by atoms with van der Waals surface area (Å²) < 4.78 is 0. The number of nitrogens with zero attached hydrogens (tertiary/aromatic N) is 1. The summed E-state index contributed by atoms with van der Waals surface area (Å²) in [6.07, 6.45) is 1.80. The van der Waals surface area contributed by atoms with Crippen molar-refractivity contribution >= 4 is 28.1 Å². The molecular weight excluding hydrogens is 270 g/mol. The number of hydrogen-bond acceptors (Lipinski definition) is 4. The Labute approximate surface area is 121 Å². The summed E-state index contributed by atoms with van der Waals surface area (Å²) in [5.74, 6) is -0.0364. The number of nitrogens with one attached hydrogen (secondary N) is 2. The van der Waals surface area contributed by atoms with Crippen LogP contribution in [0.5, 0.6) is 0 Å². The van der Waals surface area contributed by atoms with Crippen LogP contribution in [0.1, 0.15) is 18.4 Å². The molecule has 1 aliphatic heterocycles. The van der Waals surface area contributed by atoms with Gasteiger partial charge in [0, 0.05) is 23.2 Å². The van der Waals surface area contributed by atoms with Crippen LogP contribution in [0.15, 0.2) is 36.2 Å². The van der Waals surface area contributed by atoms with E-state index < -0.39 is 0 Å². The predicted molar refractivity (Wildman–Crippen MR) is 83.3 cm³/mol. The van der Waals surface area contributed by atoms with Crippen LogP contribution in [0, 0.1) is 0 Å². The zero-order chi connectivity index (χ0) is 14.1. The van der Waals surface area contributed by atoms with Gasteiger partial charge in [0.2, 0.25) is 5.91 Å². The lowest BCUT2D eigenvalue weighted by molar-refractivity contribution is -0.116. The first-order valence-electron chi connectivity index (χ1n) is 6.44. The summed E-state index contributed by atoms with van der Waals surface area (Å²) >= 11 is 1.57. The van der Waals surface area contributed by atoms with Crippen LogP contribution in [0.25, 0.3) is 11.3 Å². The van der Waals surface area contributed by atoms with E-state index in [1.165, 1.54) is 0 Å². The van der Waals surface area contributed by atoms with Crippen LogP contribution in [0.4, 0.5) is 10.8 Å². The van der Waals surface area contributed by atoms with E-state index in [0.29, 0.717) is 6.54 Å². The molecule has 102 valence electrons. The Hall–Kier alpha value is -2.14. The van der Waals surface area contributed by atoms with Crippen molar-refractivity contribution in [3.05, 3.63) is 41.8 Å². The molecule has 0 spiro atoms. The van der Waals surface area contributed by atoms with Crippen LogP contribution >= 0.6 is 11.3 Å². The molecule has 2 heterocycles. The molecule has 0 radical (unpaired) electrons. The van der Waals surface area contributed by atoms with Crippen LogP contribution in [0.2, 0.25) is 0 Å². The largest absolute Gasteiger partial charge is 0.358 e. The third-order valence-corrected chi connectivity index (χ3v) is 4.17. The number of anilines is 2. The fraction of sp³-hybridized carbons (Fsp3) is 0.200. The number of aromatic nitrogens is 1. The predicted octanol–water partition coefficient (Wildman–Crippen LogP) is 3.46. The van der Waals surface area contributed by atoms with Gasteiger partial charge in [-0.1, -0.05) is 12.1 Å². The van der Waals surface area contributed by atoms with Gasteiger partial charge in [0.05, 0.1) is 11.6 Å². The SMILES string of the molecule is C=CCNc1nc(-c2ccc3c(c2)[C@@H](C)C(=O)N3)cs1. The first kappa shape index (κ1) is 12.9. The number of fused-ring (bicyclic) bond motifs is 1. The standard InChI is InChI=1S/C15H15N3OS/c1-3-6-16-15-18-13(8-20-15)10-4-5-12-11(7-10)9(2)14(19)17-12/h3-5,7-9H,1,6H2,2H3,(H,16,18)(H,17,19)/t9-/m1/s1. The van der Waals surface area contributed by atoms with E-state index in [9.17, 15) is 4.79 Å². The van der Waals surface area contributed by atoms with E-state index in [4.69, 9.17) is 0 Å². The van der Waals surface area contributed by atoms with Crippen LogP contribution in [-0.2, 0) is 4.79 Å². The number of thiazole rings is 1. The van der Waals surface area contributed by atoms with Gasteiger partial charge in [0.1, 0.15) is 0 Å². The molecule has 0 saturated heterocycles. The number of carbonyl (C=O) groups is 1. The highest BCUT2D eigenvalue weighted by atomic mass is 32.1. The van der Waals surface area contributed by atoms with Crippen molar-refractivity contribution in [2.45, 2.75) is 12.8 Å². The lowest BCUT2D eigenvalue weighted by atomic mass is 10.00. The number of carbonyl (C=O) groups excluding carboxylic acids is 1. The number of benzene rings is 1. The van der Waals surface area contributed by atoms with Crippen molar-refractivity contribution < 1.29 is 4.79 Å². The fourth-order valence-corrected chi connectivity index (χ4v) is 2.95. The zero-order valence-electron chi connectivity index (χ0n) is 11.1. The Kier molecular flexibility index (Phi) is 3.28. The zero-order valence-corrected chi connectivity index (χ0v) is 12.0. The summed E-state index contributed by atoms with van der Waals surface area (Å²) in [4.78, 5) is 16.2. The molecule has 0 bridgehead atoms. The molecule has 1 aromatic heterocycles. The molecule has 0 fully saturated rings. The van der Waals surface area contributed by atoms with Gasteiger partial charge in [-0.15, -0.1) is 17.9 Å². The average Bonchev–Trinajstić information content (AvgIpc) is 3.03. The van der Waals surface area contributed by atoms with E-state index in [0.717, 1.165) is 27.6 Å². The van der Waals surface area contributed by atoms with Crippen molar-refractivity contribution in [2.75, 3.05) is 17.2 Å². The van der Waals surface area contributed by atoms with E-state index in [-0.39, 0.29) is 11.8 Å². The molecule has 1 amide bonds. The minimum absolute atomic E-state index is 0.0590. The van der Waals surface area contributed by atoms with Gasteiger partial charge in [0.15, 0.2) is 5.13 Å². The molecule has 3 rings (SSSR count). The van der Waals surface area contributed by atoms with Crippen molar-refractivity contribution in [3.63, 3.8) is 0 Å². The Morgan fingerprint density at radius 3 is 3.20 bits per heavy atom. The first-order valence-corrected chi connectivity index (χ1v) is 7.32. The highest BCUT2D eigenvalue weighted by Crippen LogP contribution is 2.36. The van der Waals surface area contributed by atoms with Gasteiger partial charge >= 0.3 is 0 Å². The van der Waals surface area contributed by atoms with Crippen molar-refractivity contribution in [1.82, 2.24) is 4.98 Å². The van der Waals surface area contributed by atoms with Crippen molar-refractivity contribution in [3.8, 4) is 11.3 Å². The molecule has 0 saturated carbocycles. The second-order valence-corrected chi connectivity index (χ2v) is 5.58. The summed E-state index contributed by atoms with van der Waals surface area (Å²) in [6.45, 7) is 6.29. The molecule has 20 heavy (non-hydrogen) atoms. The Morgan fingerprint density at radius 1 is 1.55 bits per heavy atom. The van der Waals surface area contributed by atoms with Crippen molar-refractivity contribution in [1.29, 1.82) is 0 Å². The normalized spacial score (nSPS) is 16.6. The lowest BCUT2D eigenvalue weighted by Crippen LogP contribution is -2.08. The van der Waals surface area contributed by atoms with Gasteiger partial charge < -0.3 is 10.6 Å². The summed E-state index contributed by atoms with van der Waals surface area (Å²) in [6, 6.07) is 5.98. The third-order valence-electron chi connectivity index (χ3n) is 3.37. The van der Waals surface area contributed by atoms with E-state index in [2.05, 4.69) is 22.2 Å². The van der Waals surface area contributed by atoms with Crippen LogP contribution in [-0.4, -0.2) is 17.4 Å². The van der Waals surface area contributed by atoms with Crippen LogP contribution in [0.3, 0.4) is 0 Å². The maximum atomic E-state index is 11.7. The number of amides is 1. The molecular formula is C15H15N3OS. The average molecular weight is 285 g/mol. The highest BCUT2D eigenvalue weighted by molar-refractivity contribution is 7.14. The van der Waals surface area contributed by atoms with Crippen LogP contribution < -0.4 is 10.6 Å². The van der Waals surface area contributed by atoms with E-state index in [1.807, 2.05) is 30.5 Å². The Morgan fingerprint density at radius 2 is 2.40 bits per heavy atom. The molecule has 1 atom stereocenters. The third kappa shape index (κ3) is 2.20. The maximum absolute atomic E-state index is 11.7. The second-order valence-electron chi connectivity index (χ2n) is 4.72. The van der Waals surface area contributed by atoms with E-state index >= 15 is 0 Å². The van der Waals surface area contributed by atoms with Gasteiger partial charge in [-0.2, -0.15) is 0 Å². The maximum Gasteiger partial charge on any atom is 0.231 e. The minimum atomic E-state index is -0.0954. The molecule has 2 N–H and O–H groups in total. The second kappa shape index (κ2) is 5.09. The Bertz CT molecular complexity index is 678. The van der Waals surface area contributed by atoms with E-state index in [1.54, 1.807) is 17.4 Å². The molecule has 0 aliphatic carbocycles. The topological polar surface area (TPSA) is 54.0 Å². The van der Waals surface area contributed by atoms with Gasteiger partial charge in [-0.3, -0.25) is 4.79 Å². The summed E-state index contributed by atoms with van der Waals surface area (Å²) in [5.41, 5.74) is 3.92. The van der Waals surface area contributed by atoms with Gasteiger partial charge in [-0.05, 0) is 24.6 Å². The number of hydrogen-bond donors (Lipinski definition) is 2. The van der Waals surface area contributed by atoms with Gasteiger partial charge in [0.25, 0.3) is 0 Å². The minimum Gasteiger partial charge on any atom is -0.358 e. The molecule has 1 aliphatic rings.